The van der Waals surface area contributed by atoms with E-state index >= 15 is 0 Å². The Morgan fingerprint density at radius 3 is 2.42 bits per heavy atom. The standard InChI is InChI=1S/C12H24N2O4S/c1-11(2)8-14(7-9(6-13)18-11)10(15)12(3,4)19(5,16)17/h9H,6-8,13H2,1-5H3. The van der Waals surface area contributed by atoms with Crippen LogP contribution in [0.15, 0.2) is 0 Å². The van der Waals surface area contributed by atoms with Gasteiger partial charge in [-0.25, -0.2) is 8.42 Å². The fraction of sp³-hybridized carbons (Fsp3) is 0.917. The van der Waals surface area contributed by atoms with E-state index in [-0.39, 0.29) is 6.10 Å². The van der Waals surface area contributed by atoms with Crippen LogP contribution in [0.5, 0.6) is 0 Å². The van der Waals surface area contributed by atoms with Crippen LogP contribution in [0.4, 0.5) is 0 Å². The van der Waals surface area contributed by atoms with E-state index < -0.39 is 26.1 Å². The van der Waals surface area contributed by atoms with Crippen LogP contribution < -0.4 is 5.73 Å². The smallest absolute Gasteiger partial charge is 0.243 e. The van der Waals surface area contributed by atoms with E-state index in [4.69, 9.17) is 10.5 Å². The second-order valence-electron chi connectivity index (χ2n) is 6.20. The Hall–Kier alpha value is -0.660. The molecule has 7 heteroatoms. The highest BCUT2D eigenvalue weighted by atomic mass is 32.2. The lowest BCUT2D eigenvalue weighted by molar-refractivity contribution is -0.160. The van der Waals surface area contributed by atoms with Crippen molar-refractivity contribution in [1.82, 2.24) is 4.90 Å². The number of nitrogens with zero attached hydrogens (tertiary/aromatic N) is 1. The van der Waals surface area contributed by atoms with Crippen LogP contribution in [0.3, 0.4) is 0 Å². The number of carbonyl (C=O) groups excluding carboxylic acids is 1. The Balaban J connectivity index is 3.00. The van der Waals surface area contributed by atoms with Crippen molar-refractivity contribution in [1.29, 1.82) is 0 Å². The average molecular weight is 292 g/mol. The van der Waals surface area contributed by atoms with E-state index in [1.807, 2.05) is 13.8 Å². The van der Waals surface area contributed by atoms with E-state index in [2.05, 4.69) is 0 Å². The fourth-order valence-electron chi connectivity index (χ4n) is 2.11. The van der Waals surface area contributed by atoms with Crippen LogP contribution in [0.2, 0.25) is 0 Å². The molecule has 1 heterocycles. The second kappa shape index (κ2) is 5.03. The van der Waals surface area contributed by atoms with Gasteiger partial charge in [-0.2, -0.15) is 0 Å². The first-order valence-corrected chi connectivity index (χ1v) is 8.17. The predicted molar refractivity (Wildman–Crippen MR) is 73.5 cm³/mol. The van der Waals surface area contributed by atoms with Gasteiger partial charge in [0.05, 0.1) is 11.7 Å². The third kappa shape index (κ3) is 3.46. The summed E-state index contributed by atoms with van der Waals surface area (Å²) in [4.78, 5) is 14.0. The minimum atomic E-state index is -3.48. The zero-order valence-corrected chi connectivity index (χ0v) is 13.1. The molecule has 6 nitrogen and oxygen atoms in total. The van der Waals surface area contributed by atoms with E-state index in [0.29, 0.717) is 19.6 Å². The number of sulfone groups is 1. The Morgan fingerprint density at radius 1 is 1.47 bits per heavy atom. The first-order chi connectivity index (χ1) is 8.40. The van der Waals surface area contributed by atoms with E-state index in [0.717, 1.165) is 6.26 Å². The van der Waals surface area contributed by atoms with E-state index in [9.17, 15) is 13.2 Å². The minimum Gasteiger partial charge on any atom is -0.367 e. The molecule has 0 aromatic rings. The first-order valence-electron chi connectivity index (χ1n) is 6.27. The molecule has 1 saturated heterocycles. The fourth-order valence-corrected chi connectivity index (χ4v) is 2.56. The van der Waals surface area contributed by atoms with Crippen molar-refractivity contribution in [3.05, 3.63) is 0 Å². The zero-order chi connectivity index (χ0) is 15.1. The van der Waals surface area contributed by atoms with Gasteiger partial charge in [-0.1, -0.05) is 0 Å². The van der Waals surface area contributed by atoms with Gasteiger partial charge in [0.25, 0.3) is 0 Å². The van der Waals surface area contributed by atoms with Crippen LogP contribution in [0.1, 0.15) is 27.7 Å². The summed E-state index contributed by atoms with van der Waals surface area (Å²) in [7, 11) is -3.48. The molecular formula is C12H24N2O4S. The van der Waals surface area contributed by atoms with Crippen molar-refractivity contribution < 1.29 is 17.9 Å². The largest absolute Gasteiger partial charge is 0.367 e. The van der Waals surface area contributed by atoms with Crippen LogP contribution in [0, 0.1) is 0 Å². The third-order valence-corrected chi connectivity index (χ3v) is 5.50. The lowest BCUT2D eigenvalue weighted by Crippen LogP contribution is -2.60. The lowest BCUT2D eigenvalue weighted by Gasteiger charge is -2.44. The molecule has 1 amide bonds. The normalized spacial score (nSPS) is 24.3. The summed E-state index contributed by atoms with van der Waals surface area (Å²) in [5.74, 6) is -0.398. The topological polar surface area (TPSA) is 89.7 Å². The molecule has 0 spiro atoms. The summed E-state index contributed by atoms with van der Waals surface area (Å²) in [5, 5.41) is 0. The van der Waals surface area contributed by atoms with Crippen molar-refractivity contribution in [3.8, 4) is 0 Å². The summed E-state index contributed by atoms with van der Waals surface area (Å²) >= 11 is 0. The molecule has 112 valence electrons. The maximum absolute atomic E-state index is 12.5. The summed E-state index contributed by atoms with van der Waals surface area (Å²) in [6.45, 7) is 7.59. The van der Waals surface area contributed by atoms with Crippen LogP contribution in [0.25, 0.3) is 0 Å². The maximum Gasteiger partial charge on any atom is 0.243 e. The van der Waals surface area contributed by atoms with Crippen molar-refractivity contribution in [2.75, 3.05) is 25.9 Å². The van der Waals surface area contributed by atoms with Gasteiger partial charge in [-0.05, 0) is 27.7 Å². The lowest BCUT2D eigenvalue weighted by atomic mass is 10.0. The van der Waals surface area contributed by atoms with Crippen molar-refractivity contribution >= 4 is 15.7 Å². The number of amides is 1. The predicted octanol–water partition coefficient (Wildman–Crippen LogP) is -0.226. The van der Waals surface area contributed by atoms with Gasteiger partial charge in [0, 0.05) is 25.9 Å². The number of nitrogens with two attached hydrogens (primary N) is 1. The van der Waals surface area contributed by atoms with Crippen molar-refractivity contribution in [2.24, 2.45) is 5.73 Å². The molecule has 2 N–H and O–H groups in total. The highest BCUT2D eigenvalue weighted by molar-refractivity contribution is 7.92. The molecule has 0 aromatic carbocycles. The highest BCUT2D eigenvalue weighted by Gasteiger charge is 2.45. The Labute approximate surface area is 115 Å². The molecule has 0 saturated carbocycles. The minimum absolute atomic E-state index is 0.261. The molecule has 1 aliphatic rings. The molecule has 0 bridgehead atoms. The quantitative estimate of drug-likeness (QED) is 0.776. The molecule has 0 aliphatic carbocycles. The summed E-state index contributed by atoms with van der Waals surface area (Å²) in [6.07, 6.45) is 0.819. The SMILES string of the molecule is CC1(C)CN(C(=O)C(C)(C)S(C)(=O)=O)CC(CN)O1. The average Bonchev–Trinajstić information content (AvgIpc) is 2.24. The number of carbonyl (C=O) groups is 1. The van der Waals surface area contributed by atoms with Gasteiger partial charge in [0.2, 0.25) is 5.91 Å². The molecule has 0 radical (unpaired) electrons. The molecule has 19 heavy (non-hydrogen) atoms. The number of hydrogen-bond acceptors (Lipinski definition) is 5. The Morgan fingerprint density at radius 2 is 2.00 bits per heavy atom. The Bertz CT molecular complexity index is 456. The molecule has 1 fully saturated rings. The molecular weight excluding hydrogens is 268 g/mol. The third-order valence-electron chi connectivity index (χ3n) is 3.47. The number of ether oxygens (including phenoxy) is 1. The summed E-state index contributed by atoms with van der Waals surface area (Å²) in [5.41, 5.74) is 5.08. The molecule has 1 rings (SSSR count). The molecule has 1 atom stereocenters. The maximum atomic E-state index is 12.5. The van der Waals surface area contributed by atoms with Gasteiger partial charge >= 0.3 is 0 Å². The number of rotatable bonds is 3. The number of hydrogen-bond donors (Lipinski definition) is 1. The van der Waals surface area contributed by atoms with Crippen LogP contribution >= 0.6 is 0 Å². The van der Waals surface area contributed by atoms with Crippen LogP contribution in [-0.2, 0) is 19.4 Å². The monoisotopic (exact) mass is 292 g/mol. The molecule has 1 unspecified atom stereocenters. The summed E-state index contributed by atoms with van der Waals surface area (Å²) < 4.78 is 27.8. The summed E-state index contributed by atoms with van der Waals surface area (Å²) in [6, 6.07) is 0. The van der Waals surface area contributed by atoms with Gasteiger partial charge in [0.1, 0.15) is 4.75 Å². The molecule has 1 aliphatic heterocycles. The molecule has 0 aromatic heterocycles. The van der Waals surface area contributed by atoms with Gasteiger partial charge < -0.3 is 15.4 Å². The first kappa shape index (κ1) is 16.4. The zero-order valence-electron chi connectivity index (χ0n) is 12.3. The van der Waals surface area contributed by atoms with Crippen LogP contribution in [-0.4, -0.2) is 61.6 Å². The number of morpholine rings is 1. The highest BCUT2D eigenvalue weighted by Crippen LogP contribution is 2.25. The van der Waals surface area contributed by atoms with E-state index in [1.165, 1.54) is 13.8 Å². The van der Waals surface area contributed by atoms with Crippen molar-refractivity contribution in [2.45, 2.75) is 44.1 Å². The van der Waals surface area contributed by atoms with Crippen molar-refractivity contribution in [3.63, 3.8) is 0 Å². The van der Waals surface area contributed by atoms with Gasteiger partial charge in [-0.3, -0.25) is 4.79 Å². The van der Waals surface area contributed by atoms with Gasteiger partial charge in [-0.15, -0.1) is 0 Å². The Kier molecular flexibility index (Phi) is 4.34. The van der Waals surface area contributed by atoms with E-state index in [1.54, 1.807) is 4.90 Å². The second-order valence-corrected chi connectivity index (χ2v) is 8.77. The van der Waals surface area contributed by atoms with Gasteiger partial charge in [0.15, 0.2) is 9.84 Å².